The van der Waals surface area contributed by atoms with Gasteiger partial charge in [-0.15, -0.1) is 0 Å². The van der Waals surface area contributed by atoms with E-state index in [1.807, 2.05) is 38.1 Å². The Morgan fingerprint density at radius 2 is 2.10 bits per heavy atom. The molecule has 2 aromatic rings. The Balaban J connectivity index is 2.12. The van der Waals surface area contributed by atoms with Crippen LogP contribution in [0.1, 0.15) is 28.5 Å². The molecule has 1 amide bonds. The Hall–Kier alpha value is -2.07. The van der Waals surface area contributed by atoms with Gasteiger partial charge in [-0.1, -0.05) is 29.8 Å². The summed E-state index contributed by atoms with van der Waals surface area (Å²) in [5.74, 6) is -0.168. The van der Waals surface area contributed by atoms with Crippen LogP contribution in [0.25, 0.3) is 0 Å². The Morgan fingerprint density at radius 1 is 1.33 bits per heavy atom. The van der Waals surface area contributed by atoms with Crippen molar-refractivity contribution in [1.29, 1.82) is 0 Å². The first kappa shape index (κ1) is 15.3. The van der Waals surface area contributed by atoms with Gasteiger partial charge in [0.05, 0.1) is 11.3 Å². The second kappa shape index (κ2) is 7.09. The van der Waals surface area contributed by atoms with E-state index in [1.165, 1.54) is 0 Å². The fourth-order valence-electron chi connectivity index (χ4n) is 1.99. The van der Waals surface area contributed by atoms with Crippen LogP contribution in [0.3, 0.4) is 0 Å². The highest BCUT2D eigenvalue weighted by molar-refractivity contribution is 6.31. The third-order valence-electron chi connectivity index (χ3n) is 3.05. The Bertz CT molecular complexity index is 643. The van der Waals surface area contributed by atoms with E-state index in [0.717, 1.165) is 23.5 Å². The van der Waals surface area contributed by atoms with Gasteiger partial charge in [0.2, 0.25) is 0 Å². The average molecular weight is 304 g/mol. The number of pyridine rings is 1. The third-order valence-corrected chi connectivity index (χ3v) is 3.42. The predicted octanol–water partition coefficient (Wildman–Crippen LogP) is 3.41. The number of carbonyl (C=O) groups excluding carboxylic acids is 1. The second-order valence-electron chi connectivity index (χ2n) is 4.68. The maximum Gasteiger partial charge on any atom is 0.255 e. The lowest BCUT2D eigenvalue weighted by molar-refractivity contribution is 0.0951. The topological polar surface area (TPSA) is 54.0 Å². The Labute approximate surface area is 129 Å². The lowest BCUT2D eigenvalue weighted by Gasteiger charge is -2.12. The molecule has 0 aliphatic rings. The van der Waals surface area contributed by atoms with Crippen molar-refractivity contribution in [2.24, 2.45) is 0 Å². The molecule has 4 nitrogen and oxygen atoms in total. The summed E-state index contributed by atoms with van der Waals surface area (Å²) in [6, 6.07) is 9.32. The van der Waals surface area contributed by atoms with E-state index < -0.39 is 0 Å². The van der Waals surface area contributed by atoms with Gasteiger partial charge in [-0.2, -0.15) is 0 Å². The SMILES string of the molecule is CCNc1cc(C)ncc1C(=O)NCc1ccccc1Cl. The Kier molecular flexibility index (Phi) is 5.17. The molecular formula is C16H18ClN3O. The third kappa shape index (κ3) is 3.95. The predicted molar refractivity (Wildman–Crippen MR) is 85.8 cm³/mol. The summed E-state index contributed by atoms with van der Waals surface area (Å²) in [6.45, 7) is 5.01. The Morgan fingerprint density at radius 3 is 2.81 bits per heavy atom. The van der Waals surface area contributed by atoms with Gasteiger partial charge in [0.25, 0.3) is 5.91 Å². The van der Waals surface area contributed by atoms with E-state index in [0.29, 0.717) is 17.1 Å². The summed E-state index contributed by atoms with van der Waals surface area (Å²) in [5, 5.41) is 6.70. The van der Waals surface area contributed by atoms with Crippen LogP contribution in [-0.4, -0.2) is 17.4 Å². The fraction of sp³-hybridized carbons (Fsp3) is 0.250. The number of rotatable bonds is 5. The number of hydrogen-bond acceptors (Lipinski definition) is 3. The molecule has 1 aromatic heterocycles. The number of aromatic nitrogens is 1. The van der Waals surface area contributed by atoms with Crippen LogP contribution >= 0.6 is 11.6 Å². The maximum atomic E-state index is 12.3. The molecule has 0 saturated heterocycles. The normalized spacial score (nSPS) is 10.2. The molecule has 0 radical (unpaired) electrons. The number of nitrogens with zero attached hydrogens (tertiary/aromatic N) is 1. The zero-order valence-corrected chi connectivity index (χ0v) is 12.9. The van der Waals surface area contributed by atoms with Gasteiger partial charge in [-0.05, 0) is 31.5 Å². The molecule has 1 aromatic carbocycles. The van der Waals surface area contributed by atoms with Gasteiger partial charge in [0.1, 0.15) is 0 Å². The molecule has 5 heteroatoms. The van der Waals surface area contributed by atoms with Crippen LogP contribution in [0.2, 0.25) is 5.02 Å². The molecular weight excluding hydrogens is 286 g/mol. The smallest absolute Gasteiger partial charge is 0.255 e. The number of benzene rings is 1. The largest absolute Gasteiger partial charge is 0.385 e. The standard InChI is InChI=1S/C16H18ClN3O/c1-3-18-15-8-11(2)19-10-13(15)16(21)20-9-12-6-4-5-7-14(12)17/h4-8,10H,3,9H2,1-2H3,(H,18,19)(H,20,21). The number of amides is 1. The maximum absolute atomic E-state index is 12.3. The minimum atomic E-state index is -0.168. The van der Waals surface area contributed by atoms with Gasteiger partial charge in [0.15, 0.2) is 0 Å². The van der Waals surface area contributed by atoms with Crippen molar-refractivity contribution >= 4 is 23.2 Å². The first-order chi connectivity index (χ1) is 10.1. The van der Waals surface area contributed by atoms with Crippen molar-refractivity contribution in [3.8, 4) is 0 Å². The van der Waals surface area contributed by atoms with Crippen LogP contribution in [0, 0.1) is 6.92 Å². The fourth-order valence-corrected chi connectivity index (χ4v) is 2.19. The molecule has 2 N–H and O–H groups in total. The number of anilines is 1. The van der Waals surface area contributed by atoms with Gasteiger partial charge in [0, 0.05) is 30.0 Å². The summed E-state index contributed by atoms with van der Waals surface area (Å²) in [6.07, 6.45) is 1.59. The van der Waals surface area contributed by atoms with Gasteiger partial charge in [-0.3, -0.25) is 9.78 Å². The van der Waals surface area contributed by atoms with E-state index in [4.69, 9.17) is 11.6 Å². The highest BCUT2D eigenvalue weighted by Crippen LogP contribution is 2.17. The minimum Gasteiger partial charge on any atom is -0.385 e. The molecule has 0 saturated carbocycles. The van der Waals surface area contributed by atoms with E-state index in [-0.39, 0.29) is 5.91 Å². The molecule has 110 valence electrons. The minimum absolute atomic E-state index is 0.168. The summed E-state index contributed by atoms with van der Waals surface area (Å²) in [7, 11) is 0. The summed E-state index contributed by atoms with van der Waals surface area (Å²) in [5.41, 5.74) is 3.09. The van der Waals surface area contributed by atoms with Crippen LogP contribution < -0.4 is 10.6 Å². The van der Waals surface area contributed by atoms with Gasteiger partial charge < -0.3 is 10.6 Å². The molecule has 0 bridgehead atoms. The molecule has 0 aliphatic heterocycles. The number of aryl methyl sites for hydroxylation is 1. The number of carbonyl (C=O) groups is 1. The van der Waals surface area contributed by atoms with Crippen LogP contribution in [-0.2, 0) is 6.54 Å². The zero-order valence-electron chi connectivity index (χ0n) is 12.1. The van der Waals surface area contributed by atoms with Crippen molar-refractivity contribution in [3.05, 3.63) is 58.4 Å². The molecule has 2 rings (SSSR count). The molecule has 0 atom stereocenters. The molecule has 0 unspecified atom stereocenters. The quantitative estimate of drug-likeness (QED) is 0.890. The van der Waals surface area contributed by atoms with E-state index in [2.05, 4.69) is 15.6 Å². The van der Waals surface area contributed by atoms with Crippen molar-refractivity contribution in [2.75, 3.05) is 11.9 Å². The van der Waals surface area contributed by atoms with Crippen molar-refractivity contribution < 1.29 is 4.79 Å². The highest BCUT2D eigenvalue weighted by Gasteiger charge is 2.12. The molecule has 1 heterocycles. The number of hydrogen-bond donors (Lipinski definition) is 2. The van der Waals surface area contributed by atoms with Crippen molar-refractivity contribution in [3.63, 3.8) is 0 Å². The lowest BCUT2D eigenvalue weighted by Crippen LogP contribution is -2.24. The molecule has 0 aliphatic carbocycles. The second-order valence-corrected chi connectivity index (χ2v) is 5.08. The highest BCUT2D eigenvalue weighted by atomic mass is 35.5. The van der Waals surface area contributed by atoms with Crippen LogP contribution in [0.5, 0.6) is 0 Å². The first-order valence-corrected chi connectivity index (χ1v) is 7.21. The van der Waals surface area contributed by atoms with Gasteiger partial charge in [-0.25, -0.2) is 0 Å². The lowest BCUT2D eigenvalue weighted by atomic mass is 10.1. The number of halogens is 1. The van der Waals surface area contributed by atoms with E-state index in [9.17, 15) is 4.79 Å². The molecule has 0 spiro atoms. The average Bonchev–Trinajstić information content (AvgIpc) is 2.46. The molecule has 0 fully saturated rings. The first-order valence-electron chi connectivity index (χ1n) is 6.84. The van der Waals surface area contributed by atoms with Crippen LogP contribution in [0.4, 0.5) is 5.69 Å². The summed E-state index contributed by atoms with van der Waals surface area (Å²) in [4.78, 5) is 16.5. The van der Waals surface area contributed by atoms with E-state index >= 15 is 0 Å². The monoisotopic (exact) mass is 303 g/mol. The zero-order chi connectivity index (χ0) is 15.2. The summed E-state index contributed by atoms with van der Waals surface area (Å²) < 4.78 is 0. The van der Waals surface area contributed by atoms with Crippen molar-refractivity contribution in [1.82, 2.24) is 10.3 Å². The van der Waals surface area contributed by atoms with Crippen molar-refractivity contribution in [2.45, 2.75) is 20.4 Å². The molecule has 21 heavy (non-hydrogen) atoms. The number of nitrogens with one attached hydrogen (secondary N) is 2. The van der Waals surface area contributed by atoms with E-state index in [1.54, 1.807) is 12.3 Å². The summed E-state index contributed by atoms with van der Waals surface area (Å²) >= 11 is 6.08. The van der Waals surface area contributed by atoms with Crippen LogP contribution in [0.15, 0.2) is 36.5 Å². The van der Waals surface area contributed by atoms with Gasteiger partial charge >= 0.3 is 0 Å².